The molecule has 1 heterocycles. The lowest BCUT2D eigenvalue weighted by molar-refractivity contribution is -0.332. The normalized spacial score (nSPS) is 52.9. The van der Waals surface area contributed by atoms with Crippen LogP contribution >= 0.6 is 0 Å². The van der Waals surface area contributed by atoms with E-state index in [1.807, 2.05) is 0 Å². The van der Waals surface area contributed by atoms with Gasteiger partial charge in [0.25, 0.3) is 0 Å². The van der Waals surface area contributed by atoms with Crippen molar-refractivity contribution in [1.82, 2.24) is 0 Å². The van der Waals surface area contributed by atoms with Crippen molar-refractivity contribution in [3.63, 3.8) is 0 Å². The molecule has 1 aliphatic heterocycles. The SMILES string of the molecule is C=C(C)[C@@H]1CC[C@]2(COC(C)=O)CC[C@]3(C)[C@H](CC[C@@H]4[C@@]5(C)CC[C@@H](O[C@H]6O[C@H](CO)[C@H](O)[C@@H](O)[C@@H]6O)C(C)(C)[C@@H]5CC[C@]43C)[C@@H]12. The van der Waals surface area contributed by atoms with E-state index < -0.39 is 37.3 Å². The lowest BCUT2D eigenvalue weighted by Crippen LogP contribution is -2.67. The number of carbonyl (C=O) groups is 1. The first kappa shape index (κ1) is 34.8. The highest BCUT2D eigenvalue weighted by molar-refractivity contribution is 5.65. The van der Waals surface area contributed by atoms with Crippen LogP contribution < -0.4 is 0 Å². The first-order chi connectivity index (χ1) is 21.5. The molecule has 5 saturated carbocycles. The maximum Gasteiger partial charge on any atom is 0.302 e. The summed E-state index contributed by atoms with van der Waals surface area (Å²) < 4.78 is 18.1. The summed E-state index contributed by atoms with van der Waals surface area (Å²) in [5.74, 6) is 2.41. The van der Waals surface area contributed by atoms with Gasteiger partial charge < -0.3 is 34.6 Å². The van der Waals surface area contributed by atoms with E-state index in [-0.39, 0.29) is 39.1 Å². The van der Waals surface area contributed by atoms with E-state index in [1.54, 1.807) is 6.92 Å². The second-order valence-corrected chi connectivity index (χ2v) is 18.0. The Morgan fingerprint density at radius 2 is 1.54 bits per heavy atom. The van der Waals surface area contributed by atoms with Gasteiger partial charge in [0.2, 0.25) is 0 Å². The topological polar surface area (TPSA) is 126 Å². The summed E-state index contributed by atoms with van der Waals surface area (Å²) in [6.07, 6.45) is 4.65. The summed E-state index contributed by atoms with van der Waals surface area (Å²) in [6.45, 7) is 20.7. The van der Waals surface area contributed by atoms with Crippen molar-refractivity contribution in [3.8, 4) is 0 Å². The first-order valence-electron chi connectivity index (χ1n) is 18.2. The zero-order valence-corrected chi connectivity index (χ0v) is 29.5. The van der Waals surface area contributed by atoms with Crippen LogP contribution in [0.25, 0.3) is 0 Å². The number of allylic oxidation sites excluding steroid dienone is 1. The molecule has 4 N–H and O–H groups in total. The zero-order chi connectivity index (χ0) is 33.6. The quantitative estimate of drug-likeness (QED) is 0.172. The third-order valence-corrected chi connectivity index (χ3v) is 15.9. The number of aliphatic hydroxyl groups is 4. The fourth-order valence-corrected chi connectivity index (χ4v) is 13.3. The molecular weight excluding hydrogens is 584 g/mol. The summed E-state index contributed by atoms with van der Waals surface area (Å²) in [4.78, 5) is 12.0. The number of esters is 1. The summed E-state index contributed by atoms with van der Waals surface area (Å²) in [5, 5.41) is 41.2. The van der Waals surface area contributed by atoms with E-state index in [2.05, 4.69) is 48.1 Å². The van der Waals surface area contributed by atoms with E-state index in [0.29, 0.717) is 36.2 Å². The average molecular weight is 647 g/mol. The van der Waals surface area contributed by atoms with Gasteiger partial charge in [-0.15, -0.1) is 0 Å². The standard InChI is InChI=1S/C38H62O8/c1-21(2)23-11-16-38(20-44-22(3)40)18-17-36(7)24(29(23)38)9-10-27-35(6)14-13-28(34(4,5)26(35)12-15-37(27,36)8)46-33-32(43)31(42)30(41)25(19-39)45-33/h23-33,39,41-43H,1,9-20H2,2-8H3/t23-,24+,25+,26-,27+,28+,29+,30-,31+,32-,33+,35-,36+,37+,38+/m0/s1. The number of carbonyl (C=O) groups excluding carboxylic acids is 1. The summed E-state index contributed by atoms with van der Waals surface area (Å²) in [5.41, 5.74) is 1.67. The van der Waals surface area contributed by atoms with Gasteiger partial charge in [-0.05, 0) is 122 Å². The number of aliphatic hydroxyl groups excluding tert-OH is 4. The van der Waals surface area contributed by atoms with Crippen molar-refractivity contribution in [2.24, 2.45) is 56.7 Å². The third kappa shape index (κ3) is 4.93. The number of ether oxygens (including phenoxy) is 3. The largest absolute Gasteiger partial charge is 0.465 e. The highest BCUT2D eigenvalue weighted by Crippen LogP contribution is 2.77. The third-order valence-electron chi connectivity index (χ3n) is 15.9. The summed E-state index contributed by atoms with van der Waals surface area (Å²) in [6, 6.07) is 0. The molecule has 6 aliphatic rings. The van der Waals surface area contributed by atoms with Crippen LogP contribution in [-0.4, -0.2) is 76.4 Å². The molecule has 262 valence electrons. The number of hydrogen-bond acceptors (Lipinski definition) is 8. The zero-order valence-electron chi connectivity index (χ0n) is 29.5. The minimum Gasteiger partial charge on any atom is -0.465 e. The Morgan fingerprint density at radius 3 is 2.20 bits per heavy atom. The van der Waals surface area contributed by atoms with Crippen molar-refractivity contribution in [2.75, 3.05) is 13.2 Å². The molecule has 6 rings (SSSR count). The molecule has 0 amide bonds. The van der Waals surface area contributed by atoms with Crippen LogP contribution in [0.4, 0.5) is 0 Å². The smallest absolute Gasteiger partial charge is 0.302 e. The summed E-state index contributed by atoms with van der Waals surface area (Å²) >= 11 is 0. The van der Waals surface area contributed by atoms with Gasteiger partial charge in [0.1, 0.15) is 24.4 Å². The first-order valence-corrected chi connectivity index (χ1v) is 18.2. The maximum atomic E-state index is 12.0. The highest BCUT2D eigenvalue weighted by atomic mass is 16.7. The van der Waals surface area contributed by atoms with Crippen molar-refractivity contribution < 1.29 is 39.4 Å². The van der Waals surface area contributed by atoms with Crippen LogP contribution in [0, 0.1) is 56.7 Å². The van der Waals surface area contributed by atoms with E-state index in [4.69, 9.17) is 14.2 Å². The Morgan fingerprint density at radius 1 is 0.826 bits per heavy atom. The molecule has 5 aliphatic carbocycles. The fourth-order valence-electron chi connectivity index (χ4n) is 13.3. The van der Waals surface area contributed by atoms with E-state index >= 15 is 0 Å². The minimum atomic E-state index is -1.44. The molecule has 0 unspecified atom stereocenters. The molecular formula is C38H62O8. The number of fused-ring (bicyclic) bond motifs is 7. The Kier molecular flexibility index (Phi) is 8.93. The van der Waals surface area contributed by atoms with Crippen LogP contribution in [0.5, 0.6) is 0 Å². The molecule has 1 saturated heterocycles. The van der Waals surface area contributed by atoms with Gasteiger partial charge in [-0.1, -0.05) is 46.8 Å². The van der Waals surface area contributed by atoms with E-state index in [9.17, 15) is 25.2 Å². The van der Waals surface area contributed by atoms with Crippen LogP contribution in [0.2, 0.25) is 0 Å². The average Bonchev–Trinajstić information content (AvgIpc) is 3.38. The monoisotopic (exact) mass is 646 g/mol. The van der Waals surface area contributed by atoms with Crippen molar-refractivity contribution in [3.05, 3.63) is 12.2 Å². The molecule has 46 heavy (non-hydrogen) atoms. The van der Waals surface area contributed by atoms with Crippen LogP contribution in [0.15, 0.2) is 12.2 Å². The molecule has 0 radical (unpaired) electrons. The minimum absolute atomic E-state index is 0.0611. The number of rotatable bonds is 6. The van der Waals surface area contributed by atoms with E-state index in [1.165, 1.54) is 31.3 Å². The molecule has 0 aromatic rings. The van der Waals surface area contributed by atoms with Crippen LogP contribution in [0.3, 0.4) is 0 Å². The van der Waals surface area contributed by atoms with Gasteiger partial charge in [-0.3, -0.25) is 4.79 Å². The molecule has 8 heteroatoms. The van der Waals surface area contributed by atoms with Crippen LogP contribution in [-0.2, 0) is 19.0 Å². The second kappa shape index (κ2) is 11.8. The molecule has 0 bridgehead atoms. The van der Waals surface area contributed by atoms with Gasteiger partial charge in [-0.25, -0.2) is 0 Å². The Balaban J connectivity index is 1.26. The van der Waals surface area contributed by atoms with Crippen LogP contribution in [0.1, 0.15) is 113 Å². The van der Waals surface area contributed by atoms with Gasteiger partial charge in [-0.2, -0.15) is 0 Å². The second-order valence-electron chi connectivity index (χ2n) is 18.0. The Bertz CT molecular complexity index is 1190. The van der Waals surface area contributed by atoms with Gasteiger partial charge in [0, 0.05) is 12.3 Å². The Labute approximate surface area is 276 Å². The summed E-state index contributed by atoms with van der Waals surface area (Å²) in [7, 11) is 0. The predicted octanol–water partition coefficient (Wildman–Crippen LogP) is 5.39. The molecule has 0 aromatic heterocycles. The molecule has 0 spiro atoms. The van der Waals surface area contributed by atoms with Crippen molar-refractivity contribution >= 4 is 5.97 Å². The lowest BCUT2D eigenvalue weighted by Gasteiger charge is -2.73. The van der Waals surface area contributed by atoms with Gasteiger partial charge >= 0.3 is 5.97 Å². The predicted molar refractivity (Wildman–Crippen MR) is 174 cm³/mol. The fraction of sp³-hybridized carbons (Fsp3) is 0.921. The number of hydrogen-bond donors (Lipinski definition) is 4. The van der Waals surface area contributed by atoms with E-state index in [0.717, 1.165) is 38.5 Å². The highest BCUT2D eigenvalue weighted by Gasteiger charge is 2.71. The lowest BCUT2D eigenvalue weighted by atomic mass is 9.32. The van der Waals surface area contributed by atoms with Crippen molar-refractivity contribution in [2.45, 2.75) is 149 Å². The molecule has 8 nitrogen and oxygen atoms in total. The van der Waals surface area contributed by atoms with Gasteiger partial charge in [0.15, 0.2) is 6.29 Å². The molecule has 15 atom stereocenters. The van der Waals surface area contributed by atoms with Crippen molar-refractivity contribution in [1.29, 1.82) is 0 Å². The maximum absolute atomic E-state index is 12.0. The van der Waals surface area contributed by atoms with Gasteiger partial charge in [0.05, 0.1) is 19.3 Å². The Hall–Kier alpha value is -1.03. The molecule has 6 fully saturated rings. The molecule has 0 aromatic carbocycles.